The molecule has 0 aliphatic carbocycles. The molecule has 0 aromatic heterocycles. The van der Waals surface area contributed by atoms with E-state index in [1.807, 2.05) is 24.3 Å². The van der Waals surface area contributed by atoms with Gasteiger partial charge in [-0.15, -0.1) is 0 Å². The number of carbonyl (C=O) groups excluding carboxylic acids is 1. The normalized spacial score (nSPS) is 11.1. The van der Waals surface area contributed by atoms with Gasteiger partial charge in [-0.3, -0.25) is 9.10 Å². The summed E-state index contributed by atoms with van der Waals surface area (Å²) >= 11 is 5.95. The molecule has 0 spiro atoms. The van der Waals surface area contributed by atoms with Gasteiger partial charge in [0.15, 0.2) is 0 Å². The molecule has 0 aliphatic rings. The van der Waals surface area contributed by atoms with E-state index in [4.69, 9.17) is 16.3 Å². The zero-order chi connectivity index (χ0) is 19.9. The van der Waals surface area contributed by atoms with Gasteiger partial charge in [0.1, 0.15) is 5.75 Å². The third-order valence-corrected chi connectivity index (χ3v) is 5.36. The zero-order valence-electron chi connectivity index (χ0n) is 15.3. The number of anilines is 1. The fourth-order valence-electron chi connectivity index (χ4n) is 2.63. The van der Waals surface area contributed by atoms with Crippen LogP contribution in [0.4, 0.5) is 5.69 Å². The van der Waals surface area contributed by atoms with Crippen LogP contribution in [-0.4, -0.2) is 34.2 Å². The van der Waals surface area contributed by atoms with Crippen LogP contribution in [0, 0.1) is 0 Å². The van der Waals surface area contributed by atoms with E-state index in [2.05, 4.69) is 5.32 Å². The van der Waals surface area contributed by atoms with Crippen LogP contribution >= 0.6 is 11.6 Å². The molecule has 8 heteroatoms. The lowest BCUT2D eigenvalue weighted by molar-refractivity contribution is -0.121. The Kier molecular flexibility index (Phi) is 7.50. The van der Waals surface area contributed by atoms with Gasteiger partial charge in [-0.2, -0.15) is 0 Å². The van der Waals surface area contributed by atoms with Crippen molar-refractivity contribution in [2.75, 3.05) is 24.2 Å². The van der Waals surface area contributed by atoms with Gasteiger partial charge in [0.05, 0.1) is 19.1 Å². The van der Waals surface area contributed by atoms with Crippen LogP contribution in [0.2, 0.25) is 5.02 Å². The largest absolute Gasteiger partial charge is 0.496 e. The Balaban J connectivity index is 1.90. The zero-order valence-corrected chi connectivity index (χ0v) is 16.9. The molecule has 0 atom stereocenters. The van der Waals surface area contributed by atoms with Gasteiger partial charge in [0.25, 0.3) is 0 Å². The molecular weight excluding hydrogens is 388 g/mol. The van der Waals surface area contributed by atoms with Crippen molar-refractivity contribution in [3.05, 3.63) is 59.1 Å². The minimum Gasteiger partial charge on any atom is -0.496 e. The molecule has 0 aliphatic heterocycles. The monoisotopic (exact) mass is 410 g/mol. The van der Waals surface area contributed by atoms with Crippen molar-refractivity contribution in [2.45, 2.75) is 19.4 Å². The highest BCUT2D eigenvalue weighted by molar-refractivity contribution is 7.92. The van der Waals surface area contributed by atoms with Gasteiger partial charge >= 0.3 is 0 Å². The first-order chi connectivity index (χ1) is 12.8. The summed E-state index contributed by atoms with van der Waals surface area (Å²) in [5.41, 5.74) is 1.37. The topological polar surface area (TPSA) is 75.7 Å². The SMILES string of the molecule is COc1ccccc1CNC(=O)CCCN(c1cccc(Cl)c1)S(C)(=O)=O. The molecule has 1 N–H and O–H groups in total. The number of methoxy groups -OCH3 is 1. The molecule has 0 fully saturated rings. The molecule has 0 saturated heterocycles. The number of nitrogens with zero attached hydrogens (tertiary/aromatic N) is 1. The van der Waals surface area contributed by atoms with Crippen LogP contribution in [0.5, 0.6) is 5.75 Å². The Morgan fingerprint density at radius 3 is 2.59 bits per heavy atom. The first-order valence-corrected chi connectivity index (χ1v) is 10.7. The maximum Gasteiger partial charge on any atom is 0.232 e. The Morgan fingerprint density at radius 2 is 1.93 bits per heavy atom. The molecule has 27 heavy (non-hydrogen) atoms. The molecule has 0 bridgehead atoms. The molecule has 0 heterocycles. The molecule has 2 rings (SSSR count). The van der Waals surface area contributed by atoms with Crippen molar-refractivity contribution in [2.24, 2.45) is 0 Å². The van der Waals surface area contributed by atoms with E-state index in [0.717, 1.165) is 11.8 Å². The van der Waals surface area contributed by atoms with Crippen molar-refractivity contribution >= 4 is 33.2 Å². The van der Waals surface area contributed by atoms with Gasteiger partial charge in [-0.1, -0.05) is 35.9 Å². The number of ether oxygens (including phenoxy) is 1. The summed E-state index contributed by atoms with van der Waals surface area (Å²) in [6.07, 6.45) is 1.73. The third kappa shape index (κ3) is 6.45. The molecule has 0 radical (unpaired) electrons. The summed E-state index contributed by atoms with van der Waals surface area (Å²) in [6, 6.07) is 14.1. The lowest BCUT2D eigenvalue weighted by Gasteiger charge is -2.22. The number of carbonyl (C=O) groups is 1. The van der Waals surface area contributed by atoms with Crippen molar-refractivity contribution in [1.29, 1.82) is 0 Å². The second-order valence-electron chi connectivity index (χ2n) is 6.01. The van der Waals surface area contributed by atoms with Crippen molar-refractivity contribution < 1.29 is 17.9 Å². The number of amides is 1. The van der Waals surface area contributed by atoms with E-state index >= 15 is 0 Å². The molecular formula is C19H23ClN2O4S. The van der Waals surface area contributed by atoms with Gasteiger partial charge in [-0.25, -0.2) is 8.42 Å². The van der Waals surface area contributed by atoms with Crippen LogP contribution in [0.3, 0.4) is 0 Å². The molecule has 0 saturated carbocycles. The second-order valence-corrected chi connectivity index (χ2v) is 8.35. The summed E-state index contributed by atoms with van der Waals surface area (Å²) in [5.74, 6) is 0.558. The average molecular weight is 411 g/mol. The number of rotatable bonds is 9. The van der Waals surface area contributed by atoms with Crippen LogP contribution < -0.4 is 14.4 Å². The third-order valence-electron chi connectivity index (χ3n) is 3.93. The number of sulfonamides is 1. The van der Waals surface area contributed by atoms with Gasteiger partial charge < -0.3 is 10.1 Å². The average Bonchev–Trinajstić information content (AvgIpc) is 2.62. The highest BCUT2D eigenvalue weighted by Crippen LogP contribution is 2.22. The molecule has 6 nitrogen and oxygen atoms in total. The highest BCUT2D eigenvalue weighted by Gasteiger charge is 2.18. The smallest absolute Gasteiger partial charge is 0.232 e. The minimum absolute atomic E-state index is 0.152. The minimum atomic E-state index is -3.47. The maximum absolute atomic E-state index is 12.1. The van der Waals surface area contributed by atoms with E-state index in [-0.39, 0.29) is 18.9 Å². The summed E-state index contributed by atoms with van der Waals surface area (Å²) < 4.78 is 30.6. The summed E-state index contributed by atoms with van der Waals surface area (Å²) in [7, 11) is -1.89. The highest BCUT2D eigenvalue weighted by atomic mass is 35.5. The van der Waals surface area contributed by atoms with Gasteiger partial charge in [0.2, 0.25) is 15.9 Å². The Bertz CT molecular complexity index is 887. The first kappa shape index (κ1) is 21.1. The lowest BCUT2D eigenvalue weighted by Crippen LogP contribution is -2.32. The molecule has 2 aromatic rings. The second kappa shape index (κ2) is 9.62. The molecule has 2 aromatic carbocycles. The molecule has 1 amide bonds. The van der Waals surface area contributed by atoms with Crippen molar-refractivity contribution in [1.82, 2.24) is 5.32 Å². The molecule has 0 unspecified atom stereocenters. The number of halogens is 1. The van der Waals surface area contributed by atoms with Crippen molar-refractivity contribution in [3.8, 4) is 5.75 Å². The van der Waals surface area contributed by atoms with Crippen molar-refractivity contribution in [3.63, 3.8) is 0 Å². The number of para-hydroxylation sites is 1. The maximum atomic E-state index is 12.1. The quantitative estimate of drug-likeness (QED) is 0.688. The number of nitrogens with one attached hydrogen (secondary N) is 1. The number of hydrogen-bond donors (Lipinski definition) is 1. The van der Waals surface area contributed by atoms with E-state index < -0.39 is 10.0 Å². The summed E-state index contributed by atoms with van der Waals surface area (Å²) in [4.78, 5) is 12.1. The number of hydrogen-bond acceptors (Lipinski definition) is 4. The van der Waals surface area contributed by atoms with E-state index in [1.54, 1.807) is 31.4 Å². The number of benzene rings is 2. The predicted molar refractivity (Wildman–Crippen MR) is 108 cm³/mol. The van der Waals surface area contributed by atoms with Crippen LogP contribution in [0.15, 0.2) is 48.5 Å². The Hall–Kier alpha value is -2.25. The van der Waals surface area contributed by atoms with Gasteiger partial charge in [0, 0.05) is 30.1 Å². The predicted octanol–water partition coefficient (Wildman–Crippen LogP) is 3.21. The summed E-state index contributed by atoms with van der Waals surface area (Å²) in [5, 5.41) is 3.28. The Labute approximate surface area is 165 Å². The molecule has 146 valence electrons. The lowest BCUT2D eigenvalue weighted by atomic mass is 10.2. The summed E-state index contributed by atoms with van der Waals surface area (Å²) in [6.45, 7) is 0.550. The van der Waals surface area contributed by atoms with Crippen LogP contribution in [0.25, 0.3) is 0 Å². The van der Waals surface area contributed by atoms with E-state index in [0.29, 0.717) is 29.4 Å². The van der Waals surface area contributed by atoms with Crippen LogP contribution in [-0.2, 0) is 21.4 Å². The van der Waals surface area contributed by atoms with E-state index in [9.17, 15) is 13.2 Å². The standard InChI is InChI=1S/C19H23ClN2O4S/c1-26-18-10-4-3-7-15(18)14-21-19(23)11-6-12-22(27(2,24)25)17-9-5-8-16(20)13-17/h3-5,7-10,13H,6,11-12,14H2,1-2H3,(H,21,23). The first-order valence-electron chi connectivity index (χ1n) is 8.43. The van der Waals surface area contributed by atoms with E-state index in [1.165, 1.54) is 4.31 Å². The van der Waals surface area contributed by atoms with Crippen LogP contribution in [0.1, 0.15) is 18.4 Å². The fraction of sp³-hybridized carbons (Fsp3) is 0.316. The fourth-order valence-corrected chi connectivity index (χ4v) is 3.77. The Morgan fingerprint density at radius 1 is 1.19 bits per heavy atom. The van der Waals surface area contributed by atoms with Gasteiger partial charge in [-0.05, 0) is 30.7 Å².